The van der Waals surface area contributed by atoms with Crippen LogP contribution in [0, 0.1) is 0 Å². The second kappa shape index (κ2) is 6.92. The molecule has 0 aromatic heterocycles. The Kier molecular flexibility index (Phi) is 4.71. The van der Waals surface area contributed by atoms with Crippen LogP contribution in [-0.4, -0.2) is 26.8 Å². The lowest BCUT2D eigenvalue weighted by atomic mass is 10.2. The van der Waals surface area contributed by atoms with Crippen molar-refractivity contribution in [2.45, 2.75) is 12.8 Å². The third-order valence-electron chi connectivity index (χ3n) is 3.70. The molecule has 1 aliphatic rings. The van der Waals surface area contributed by atoms with Gasteiger partial charge in [0.05, 0.1) is 11.4 Å². The van der Waals surface area contributed by atoms with Crippen molar-refractivity contribution in [2.24, 2.45) is 0 Å². The van der Waals surface area contributed by atoms with Gasteiger partial charge in [0.2, 0.25) is 10.0 Å². The van der Waals surface area contributed by atoms with Crippen molar-refractivity contribution in [3.05, 3.63) is 54.6 Å². The number of ether oxygens (including phenoxy) is 1. The number of hydrogen-bond donors (Lipinski definition) is 1. The summed E-state index contributed by atoms with van der Waals surface area (Å²) in [6, 6.07) is 15.4. The van der Waals surface area contributed by atoms with E-state index in [0.717, 1.165) is 6.42 Å². The maximum absolute atomic E-state index is 12.1. The summed E-state index contributed by atoms with van der Waals surface area (Å²) >= 11 is 0. The van der Waals surface area contributed by atoms with Crippen molar-refractivity contribution in [3.8, 4) is 5.75 Å². The van der Waals surface area contributed by atoms with Gasteiger partial charge in [-0.25, -0.2) is 13.2 Å². The highest BCUT2D eigenvalue weighted by atomic mass is 32.2. The largest absolute Gasteiger partial charge is 0.417 e. The molecule has 0 spiro atoms. The third-order valence-corrected chi connectivity index (χ3v) is 5.57. The molecule has 1 heterocycles. The molecular weight excluding hydrogens is 328 g/mol. The van der Waals surface area contributed by atoms with Crippen molar-refractivity contribution in [3.63, 3.8) is 0 Å². The Morgan fingerprint density at radius 2 is 1.71 bits per heavy atom. The van der Waals surface area contributed by atoms with Gasteiger partial charge in [-0.05, 0) is 49.2 Å². The molecule has 1 saturated heterocycles. The third kappa shape index (κ3) is 3.86. The van der Waals surface area contributed by atoms with E-state index in [1.807, 2.05) is 6.07 Å². The normalized spacial score (nSPS) is 16.4. The molecule has 0 unspecified atom stereocenters. The van der Waals surface area contributed by atoms with Crippen LogP contribution in [0.15, 0.2) is 54.6 Å². The van der Waals surface area contributed by atoms with Crippen LogP contribution in [0.25, 0.3) is 0 Å². The molecule has 3 rings (SSSR count). The molecule has 24 heavy (non-hydrogen) atoms. The van der Waals surface area contributed by atoms with Crippen LogP contribution in [0.3, 0.4) is 0 Å². The highest BCUT2D eigenvalue weighted by molar-refractivity contribution is 7.92. The number of carbonyl (C=O) groups excluding carboxylic acids is 1. The molecule has 0 bridgehead atoms. The first-order chi connectivity index (χ1) is 11.5. The van der Waals surface area contributed by atoms with Crippen LogP contribution >= 0.6 is 0 Å². The molecule has 2 aromatic rings. The van der Waals surface area contributed by atoms with Gasteiger partial charge >= 0.3 is 6.09 Å². The molecule has 7 heteroatoms. The van der Waals surface area contributed by atoms with Gasteiger partial charge in [0, 0.05) is 12.2 Å². The van der Waals surface area contributed by atoms with E-state index in [1.165, 1.54) is 4.31 Å². The molecule has 2 aromatic carbocycles. The first-order valence-electron chi connectivity index (χ1n) is 7.69. The van der Waals surface area contributed by atoms with Crippen LogP contribution in [0.4, 0.5) is 16.2 Å². The zero-order valence-corrected chi connectivity index (χ0v) is 13.8. The minimum absolute atomic E-state index is 0.177. The lowest BCUT2D eigenvalue weighted by Gasteiger charge is -2.28. The average molecular weight is 346 g/mol. The van der Waals surface area contributed by atoms with Crippen molar-refractivity contribution >= 4 is 27.5 Å². The Morgan fingerprint density at radius 3 is 2.38 bits per heavy atom. The van der Waals surface area contributed by atoms with E-state index in [0.29, 0.717) is 30.1 Å². The van der Waals surface area contributed by atoms with Crippen molar-refractivity contribution in [2.75, 3.05) is 21.9 Å². The fourth-order valence-corrected chi connectivity index (χ4v) is 4.17. The SMILES string of the molecule is O=C(Nc1ccc(N2CCCCS2(=O)=O)cc1)Oc1ccccc1. The number of carbonyl (C=O) groups is 1. The Bertz CT molecular complexity index is 804. The first kappa shape index (κ1) is 16.3. The molecule has 1 aliphatic heterocycles. The smallest absolute Gasteiger partial charge is 0.410 e. The number of amides is 1. The van der Waals surface area contributed by atoms with Crippen LogP contribution in [0.1, 0.15) is 12.8 Å². The summed E-state index contributed by atoms with van der Waals surface area (Å²) in [6.07, 6.45) is 0.950. The summed E-state index contributed by atoms with van der Waals surface area (Å²) in [5.41, 5.74) is 1.14. The van der Waals surface area contributed by atoms with Crippen molar-refractivity contribution in [1.82, 2.24) is 0 Å². The fourth-order valence-electron chi connectivity index (χ4n) is 2.53. The van der Waals surface area contributed by atoms with Gasteiger partial charge in [-0.3, -0.25) is 9.62 Å². The van der Waals surface area contributed by atoms with Gasteiger partial charge in [-0.15, -0.1) is 0 Å². The number of nitrogens with one attached hydrogen (secondary N) is 1. The number of para-hydroxylation sites is 1. The molecule has 126 valence electrons. The highest BCUT2D eigenvalue weighted by Crippen LogP contribution is 2.25. The number of benzene rings is 2. The molecule has 6 nitrogen and oxygen atoms in total. The van der Waals surface area contributed by atoms with Gasteiger partial charge in [0.25, 0.3) is 0 Å². The molecule has 1 fully saturated rings. The molecule has 0 atom stereocenters. The lowest BCUT2D eigenvalue weighted by molar-refractivity contribution is 0.215. The number of sulfonamides is 1. The molecular formula is C17H18N2O4S. The zero-order valence-electron chi connectivity index (χ0n) is 13.0. The number of anilines is 2. The van der Waals surface area contributed by atoms with Crippen molar-refractivity contribution < 1.29 is 17.9 Å². The van der Waals surface area contributed by atoms with Crippen LogP contribution in [-0.2, 0) is 10.0 Å². The minimum Gasteiger partial charge on any atom is -0.410 e. The van der Waals surface area contributed by atoms with E-state index in [2.05, 4.69) is 5.32 Å². The summed E-state index contributed by atoms with van der Waals surface area (Å²) in [5.74, 6) is 0.627. The maximum atomic E-state index is 12.1. The van der Waals surface area contributed by atoms with Gasteiger partial charge < -0.3 is 4.74 Å². The van der Waals surface area contributed by atoms with E-state index in [1.54, 1.807) is 48.5 Å². The second-order valence-corrected chi connectivity index (χ2v) is 7.48. The minimum atomic E-state index is -3.23. The van der Waals surface area contributed by atoms with E-state index < -0.39 is 16.1 Å². The van der Waals surface area contributed by atoms with Gasteiger partial charge in [0.15, 0.2) is 0 Å². The standard InChI is InChI=1S/C17H18N2O4S/c20-17(23-16-6-2-1-3-7-16)18-14-8-10-15(11-9-14)19-12-4-5-13-24(19,21)22/h1-3,6-11H,4-5,12-13H2,(H,18,20). The topological polar surface area (TPSA) is 75.7 Å². The predicted molar refractivity (Wildman–Crippen MR) is 92.9 cm³/mol. The van der Waals surface area contributed by atoms with Gasteiger partial charge in [0.1, 0.15) is 5.75 Å². The van der Waals surface area contributed by atoms with E-state index >= 15 is 0 Å². The fraction of sp³-hybridized carbons (Fsp3) is 0.235. The summed E-state index contributed by atoms with van der Waals surface area (Å²) in [7, 11) is -3.23. The Hall–Kier alpha value is -2.54. The summed E-state index contributed by atoms with van der Waals surface area (Å²) in [6.45, 7) is 0.491. The van der Waals surface area contributed by atoms with Gasteiger partial charge in [-0.1, -0.05) is 18.2 Å². The van der Waals surface area contributed by atoms with Gasteiger partial charge in [-0.2, -0.15) is 0 Å². The van der Waals surface area contributed by atoms with Crippen LogP contribution < -0.4 is 14.4 Å². The molecule has 0 radical (unpaired) electrons. The van der Waals surface area contributed by atoms with Crippen molar-refractivity contribution in [1.29, 1.82) is 0 Å². The van der Waals surface area contributed by atoms with Crippen LogP contribution in [0.2, 0.25) is 0 Å². The second-order valence-electron chi connectivity index (χ2n) is 5.47. The first-order valence-corrected chi connectivity index (χ1v) is 9.30. The van der Waals surface area contributed by atoms with E-state index in [9.17, 15) is 13.2 Å². The monoisotopic (exact) mass is 346 g/mol. The quantitative estimate of drug-likeness (QED) is 0.926. The average Bonchev–Trinajstić information content (AvgIpc) is 2.56. The Labute approximate surface area is 141 Å². The van der Waals surface area contributed by atoms with Crippen LogP contribution in [0.5, 0.6) is 5.75 Å². The molecule has 1 amide bonds. The zero-order chi connectivity index (χ0) is 17.0. The van der Waals surface area contributed by atoms with E-state index in [-0.39, 0.29) is 5.75 Å². The summed E-state index contributed by atoms with van der Waals surface area (Å²) in [5, 5.41) is 2.61. The molecule has 0 saturated carbocycles. The Balaban J connectivity index is 1.65. The van der Waals surface area contributed by atoms with E-state index in [4.69, 9.17) is 4.74 Å². The predicted octanol–water partition coefficient (Wildman–Crippen LogP) is 3.23. The number of rotatable bonds is 3. The summed E-state index contributed by atoms with van der Waals surface area (Å²) in [4.78, 5) is 11.8. The maximum Gasteiger partial charge on any atom is 0.417 e. The summed E-state index contributed by atoms with van der Waals surface area (Å²) < 4.78 is 30.7. The highest BCUT2D eigenvalue weighted by Gasteiger charge is 2.25. The number of nitrogens with zero attached hydrogens (tertiary/aromatic N) is 1. The number of hydrogen-bond acceptors (Lipinski definition) is 4. The lowest BCUT2D eigenvalue weighted by Crippen LogP contribution is -2.37. The Morgan fingerprint density at radius 1 is 1.00 bits per heavy atom. The molecule has 1 N–H and O–H groups in total. The molecule has 0 aliphatic carbocycles.